The molecule has 13 rings (SSSR count). The zero-order valence-electron chi connectivity index (χ0n) is 37.0. The second-order valence-electron chi connectivity index (χ2n) is 16.5. The van der Waals surface area contributed by atoms with Crippen molar-refractivity contribution in [1.29, 1.82) is 0 Å². The Kier molecular flexibility index (Phi) is 14.0. The summed E-state index contributed by atoms with van der Waals surface area (Å²) in [6.07, 6.45) is 0. The predicted molar refractivity (Wildman–Crippen MR) is 312 cm³/mol. The van der Waals surface area contributed by atoms with Gasteiger partial charge in [-0.25, -0.2) is 0 Å². The summed E-state index contributed by atoms with van der Waals surface area (Å²) in [6.45, 7) is 0. The Balaban J connectivity index is 0.000000112. The molecule has 0 radical (unpaired) electrons. The summed E-state index contributed by atoms with van der Waals surface area (Å²) in [6, 6.07) is 70.3. The Morgan fingerprint density at radius 2 is 0.843 bits per heavy atom. The highest BCUT2D eigenvalue weighted by atomic mass is 127. The molecule has 4 N–H and O–H groups in total. The second-order valence-corrected chi connectivity index (χ2v) is 20.3. The maximum Gasteiger partial charge on any atom is 0.489 e. The summed E-state index contributed by atoms with van der Waals surface area (Å²) >= 11 is 12.8. The van der Waals surface area contributed by atoms with Crippen LogP contribution >= 0.6 is 70.4 Å². The highest BCUT2D eigenvalue weighted by Crippen LogP contribution is 2.43. The summed E-state index contributed by atoms with van der Waals surface area (Å²) < 4.78 is 10.1. The number of rotatable bonds is 2. The van der Waals surface area contributed by atoms with Crippen molar-refractivity contribution in [3.8, 4) is 22.6 Å². The SMILES string of the molecule is Brc1cc2oc3ccc4ccccc4c3c2c2ccccc12.OB(O)c1ccc(Br)c2ccccc12.Oc1c(I)ccc2ccccc12.Oc1ccc2ccccc2c1-c1ccc(Br)c2ccccc12. The van der Waals surface area contributed by atoms with Crippen LogP contribution in [0.15, 0.2) is 230 Å². The third-order valence-electron chi connectivity index (χ3n) is 12.4. The van der Waals surface area contributed by atoms with E-state index in [0.29, 0.717) is 17.0 Å². The van der Waals surface area contributed by atoms with Crippen molar-refractivity contribution < 1.29 is 24.7 Å². The third kappa shape index (κ3) is 9.28. The standard InChI is InChI=1S/C20H11BrO.C20H13BrO.C10H8BBrO2.C10H7IO/c21-16-11-18-20(15-8-4-3-7-14(15)16)19-13-6-2-1-5-12(13)9-10-17(19)22-18;21-18-11-10-17(15-7-3-4-8-16(15)18)20-14-6-2-1-5-13(14)9-12-19(20)22;12-10-6-5-9(11(13)14)7-3-1-2-4-8(7)10;11-9-6-5-7-3-1-2-4-8(7)10(9)12/h1-11H;1-12,22H;1-6,13-14H;1-6,12H. The molecule has 12 aromatic carbocycles. The van der Waals surface area contributed by atoms with Gasteiger partial charge in [0.1, 0.15) is 22.7 Å². The first-order valence-corrected chi connectivity index (χ1v) is 25.7. The van der Waals surface area contributed by atoms with Crippen LogP contribution in [0.3, 0.4) is 0 Å². The van der Waals surface area contributed by atoms with Crippen molar-refractivity contribution in [2.24, 2.45) is 0 Å². The molecule has 70 heavy (non-hydrogen) atoms. The fourth-order valence-corrected chi connectivity index (χ4v) is 11.1. The Morgan fingerprint density at radius 3 is 1.50 bits per heavy atom. The number of fused-ring (bicyclic) bond motifs is 11. The van der Waals surface area contributed by atoms with Gasteiger partial charge in [0, 0.05) is 35.1 Å². The molecule has 0 aliphatic rings. The Morgan fingerprint density at radius 1 is 0.386 bits per heavy atom. The molecule has 0 saturated carbocycles. The highest BCUT2D eigenvalue weighted by molar-refractivity contribution is 14.1. The van der Waals surface area contributed by atoms with Crippen LogP contribution in [0.2, 0.25) is 0 Å². The van der Waals surface area contributed by atoms with Gasteiger partial charge in [-0.2, -0.15) is 0 Å². The van der Waals surface area contributed by atoms with Crippen molar-refractivity contribution >= 4 is 170 Å². The van der Waals surface area contributed by atoms with Gasteiger partial charge in [-0.05, 0) is 129 Å². The van der Waals surface area contributed by atoms with Gasteiger partial charge in [-0.3, -0.25) is 0 Å². The minimum atomic E-state index is -1.42. The molecule has 0 atom stereocenters. The van der Waals surface area contributed by atoms with Crippen LogP contribution in [0.25, 0.3) is 97.7 Å². The molecule has 0 amide bonds. The lowest BCUT2D eigenvalue weighted by molar-refractivity contribution is 0.426. The number of aromatic hydroxyl groups is 2. The topological polar surface area (TPSA) is 94.1 Å². The normalized spacial score (nSPS) is 11.1. The van der Waals surface area contributed by atoms with E-state index in [9.17, 15) is 10.2 Å². The highest BCUT2D eigenvalue weighted by Gasteiger charge is 2.17. The molecule has 1 heterocycles. The Labute approximate surface area is 442 Å². The quantitative estimate of drug-likeness (QED) is 0.102. The smallest absolute Gasteiger partial charge is 0.489 e. The molecular weight excluding hydrogens is 1180 g/mol. The van der Waals surface area contributed by atoms with E-state index in [2.05, 4.69) is 167 Å². The average Bonchev–Trinajstić information content (AvgIpc) is 3.78. The summed E-state index contributed by atoms with van der Waals surface area (Å²) in [5.41, 5.74) is 4.34. The zero-order chi connectivity index (χ0) is 48.5. The molecule has 0 spiro atoms. The molecule has 10 heteroatoms. The van der Waals surface area contributed by atoms with E-state index in [-0.39, 0.29) is 0 Å². The predicted octanol–water partition coefficient (Wildman–Crippen LogP) is 17.2. The summed E-state index contributed by atoms with van der Waals surface area (Å²) in [5.74, 6) is 0.694. The number of phenols is 2. The van der Waals surface area contributed by atoms with Crippen molar-refractivity contribution in [1.82, 2.24) is 0 Å². The van der Waals surface area contributed by atoms with E-state index in [0.717, 1.165) is 82.4 Å². The lowest BCUT2D eigenvalue weighted by Gasteiger charge is -2.13. The lowest BCUT2D eigenvalue weighted by Crippen LogP contribution is -2.30. The average molecular weight is 1220 g/mol. The van der Waals surface area contributed by atoms with Crippen LogP contribution in [0.4, 0.5) is 0 Å². The van der Waals surface area contributed by atoms with Crippen LogP contribution in [0.1, 0.15) is 0 Å². The van der Waals surface area contributed by atoms with Gasteiger partial charge in [-0.1, -0.05) is 224 Å². The van der Waals surface area contributed by atoms with Crippen molar-refractivity contribution in [2.45, 2.75) is 0 Å². The van der Waals surface area contributed by atoms with Crippen LogP contribution in [-0.2, 0) is 0 Å². The molecule has 0 bridgehead atoms. The monoisotopic (exact) mass is 1210 g/mol. The molecule has 0 saturated heterocycles. The molecule has 5 nitrogen and oxygen atoms in total. The van der Waals surface area contributed by atoms with Crippen molar-refractivity contribution in [2.75, 3.05) is 0 Å². The van der Waals surface area contributed by atoms with Crippen molar-refractivity contribution in [3.63, 3.8) is 0 Å². The molecule has 0 fully saturated rings. The van der Waals surface area contributed by atoms with Gasteiger partial charge in [0.2, 0.25) is 0 Å². The largest absolute Gasteiger partial charge is 0.507 e. The third-order valence-corrected chi connectivity index (χ3v) is 15.3. The van der Waals surface area contributed by atoms with Gasteiger partial charge in [0.15, 0.2) is 0 Å². The van der Waals surface area contributed by atoms with Gasteiger partial charge in [0.05, 0.1) is 3.57 Å². The number of hydrogen-bond donors (Lipinski definition) is 4. The molecular formula is C60H39BBr3IO5. The molecule has 1 aromatic heterocycles. The van der Waals surface area contributed by atoms with E-state index >= 15 is 0 Å². The molecule has 340 valence electrons. The van der Waals surface area contributed by atoms with Crippen LogP contribution in [-0.4, -0.2) is 27.4 Å². The number of benzene rings is 12. The number of phenolic OH excluding ortho intramolecular Hbond substituents is 2. The van der Waals surface area contributed by atoms with E-state index in [1.807, 2.05) is 103 Å². The fourth-order valence-electron chi connectivity index (χ4n) is 9.12. The second kappa shape index (κ2) is 20.6. The van der Waals surface area contributed by atoms with Gasteiger partial charge >= 0.3 is 7.12 Å². The number of halogens is 4. The first-order chi connectivity index (χ1) is 34.1. The van der Waals surface area contributed by atoms with Crippen LogP contribution in [0, 0.1) is 3.57 Å². The lowest BCUT2D eigenvalue weighted by atomic mass is 9.77. The number of hydrogen-bond acceptors (Lipinski definition) is 5. The maximum absolute atomic E-state index is 10.5. The van der Waals surface area contributed by atoms with Crippen molar-refractivity contribution in [3.05, 3.63) is 229 Å². The molecule has 0 aliphatic carbocycles. The van der Waals surface area contributed by atoms with Gasteiger partial charge in [-0.15, -0.1) is 0 Å². The van der Waals surface area contributed by atoms with Gasteiger partial charge < -0.3 is 24.7 Å². The Bertz CT molecular complexity index is 4100. The van der Waals surface area contributed by atoms with Gasteiger partial charge in [0.25, 0.3) is 0 Å². The fraction of sp³-hybridized carbons (Fsp3) is 0. The maximum atomic E-state index is 10.5. The Hall–Kier alpha value is -6.25. The van der Waals surface area contributed by atoms with E-state index in [1.54, 1.807) is 12.1 Å². The molecule has 0 aliphatic heterocycles. The molecule has 0 unspecified atom stereocenters. The first kappa shape index (κ1) is 47.4. The summed E-state index contributed by atoms with van der Waals surface area (Å²) in [5, 5.41) is 54.1. The van der Waals surface area contributed by atoms with E-state index < -0.39 is 7.12 Å². The number of furan rings is 1. The minimum Gasteiger partial charge on any atom is -0.507 e. The zero-order valence-corrected chi connectivity index (χ0v) is 43.9. The van der Waals surface area contributed by atoms with E-state index in [4.69, 9.17) is 14.5 Å². The van der Waals surface area contributed by atoms with E-state index in [1.165, 1.54) is 32.3 Å². The minimum absolute atomic E-state index is 0.311. The molecule has 13 aromatic rings. The van der Waals surface area contributed by atoms with Crippen LogP contribution in [0.5, 0.6) is 11.5 Å². The van der Waals surface area contributed by atoms with Crippen LogP contribution < -0.4 is 5.46 Å². The summed E-state index contributed by atoms with van der Waals surface area (Å²) in [4.78, 5) is 0. The first-order valence-electron chi connectivity index (χ1n) is 22.3. The summed E-state index contributed by atoms with van der Waals surface area (Å²) in [7, 11) is -1.42.